The number of hydrogen-bond acceptors (Lipinski definition) is 1. The lowest BCUT2D eigenvalue weighted by Gasteiger charge is -2.10. The van der Waals surface area contributed by atoms with E-state index in [4.69, 9.17) is 5.73 Å². The summed E-state index contributed by atoms with van der Waals surface area (Å²) in [6.07, 6.45) is 3.07. The van der Waals surface area contributed by atoms with Gasteiger partial charge in [0.05, 0.1) is 0 Å². The van der Waals surface area contributed by atoms with Crippen LogP contribution >= 0.6 is 0 Å². The van der Waals surface area contributed by atoms with E-state index in [0.717, 1.165) is 13.0 Å². The van der Waals surface area contributed by atoms with Crippen molar-refractivity contribution >= 4 is 0 Å². The second kappa shape index (κ2) is 5.19. The average Bonchev–Trinajstić information content (AvgIpc) is 2.72. The Labute approximate surface area is 103 Å². The first-order valence-corrected chi connectivity index (χ1v) is 6.11. The van der Waals surface area contributed by atoms with E-state index in [1.165, 1.54) is 22.4 Å². The van der Waals surface area contributed by atoms with E-state index in [0.29, 0.717) is 6.54 Å². The van der Waals surface area contributed by atoms with Crippen LogP contribution < -0.4 is 5.73 Å². The lowest BCUT2D eigenvalue weighted by Crippen LogP contribution is -2.09. The summed E-state index contributed by atoms with van der Waals surface area (Å²) in [4.78, 5) is 0. The van der Waals surface area contributed by atoms with E-state index in [1.807, 2.05) is 0 Å². The van der Waals surface area contributed by atoms with Gasteiger partial charge in [-0.05, 0) is 55.6 Å². The first-order chi connectivity index (χ1) is 8.20. The van der Waals surface area contributed by atoms with Crippen molar-refractivity contribution in [2.45, 2.75) is 26.8 Å². The smallest absolute Gasteiger partial charge is 0.0472 e. The van der Waals surface area contributed by atoms with Crippen LogP contribution in [0.15, 0.2) is 36.5 Å². The van der Waals surface area contributed by atoms with Crippen LogP contribution in [0, 0.1) is 13.8 Å². The van der Waals surface area contributed by atoms with Gasteiger partial charge in [-0.1, -0.05) is 18.2 Å². The molecule has 0 aliphatic rings. The Bertz CT molecular complexity index is 497. The maximum absolute atomic E-state index is 5.61. The summed E-state index contributed by atoms with van der Waals surface area (Å²) in [6.45, 7) is 5.95. The Morgan fingerprint density at radius 1 is 1.12 bits per heavy atom. The molecule has 1 aromatic heterocycles. The van der Waals surface area contributed by atoms with Crippen molar-refractivity contribution in [1.29, 1.82) is 0 Å². The molecule has 17 heavy (non-hydrogen) atoms. The number of rotatable bonds is 4. The zero-order valence-corrected chi connectivity index (χ0v) is 10.6. The third kappa shape index (κ3) is 2.77. The molecule has 0 spiro atoms. The fraction of sp³-hybridized carbons (Fsp3) is 0.333. The highest BCUT2D eigenvalue weighted by Crippen LogP contribution is 2.13. The van der Waals surface area contributed by atoms with E-state index < -0.39 is 0 Å². The summed E-state index contributed by atoms with van der Waals surface area (Å²) in [6, 6.07) is 10.9. The molecule has 0 radical (unpaired) electrons. The molecule has 0 aliphatic carbocycles. The van der Waals surface area contributed by atoms with Gasteiger partial charge in [-0.3, -0.25) is 0 Å². The maximum Gasteiger partial charge on any atom is 0.0472 e. The fourth-order valence-corrected chi connectivity index (χ4v) is 2.08. The predicted molar refractivity (Wildman–Crippen MR) is 72.2 cm³/mol. The molecule has 2 nitrogen and oxygen atoms in total. The van der Waals surface area contributed by atoms with Gasteiger partial charge in [0.25, 0.3) is 0 Å². The minimum Gasteiger partial charge on any atom is -0.347 e. The van der Waals surface area contributed by atoms with Gasteiger partial charge < -0.3 is 10.3 Å². The van der Waals surface area contributed by atoms with Crippen LogP contribution in [-0.2, 0) is 13.0 Å². The van der Waals surface area contributed by atoms with Crippen molar-refractivity contribution in [3.05, 3.63) is 58.9 Å². The molecule has 0 aliphatic heterocycles. The van der Waals surface area contributed by atoms with Crippen LogP contribution in [0.2, 0.25) is 0 Å². The van der Waals surface area contributed by atoms with Crippen molar-refractivity contribution in [3.8, 4) is 0 Å². The van der Waals surface area contributed by atoms with Crippen LogP contribution in [-0.4, -0.2) is 11.1 Å². The summed E-state index contributed by atoms with van der Waals surface area (Å²) < 4.78 is 2.27. The van der Waals surface area contributed by atoms with Gasteiger partial charge in [-0.25, -0.2) is 0 Å². The minimum absolute atomic E-state index is 0.705. The molecule has 2 heteroatoms. The molecule has 1 aromatic carbocycles. The van der Waals surface area contributed by atoms with Gasteiger partial charge in [-0.2, -0.15) is 0 Å². The molecular weight excluding hydrogens is 208 g/mol. The molecule has 0 fully saturated rings. The summed E-state index contributed by atoms with van der Waals surface area (Å²) >= 11 is 0. The van der Waals surface area contributed by atoms with Gasteiger partial charge in [0.2, 0.25) is 0 Å². The van der Waals surface area contributed by atoms with Crippen molar-refractivity contribution < 1.29 is 0 Å². The topological polar surface area (TPSA) is 30.9 Å². The molecule has 0 bridgehead atoms. The van der Waals surface area contributed by atoms with Gasteiger partial charge in [0.1, 0.15) is 0 Å². The summed E-state index contributed by atoms with van der Waals surface area (Å²) in [5.41, 5.74) is 11.0. The largest absolute Gasteiger partial charge is 0.347 e. The van der Waals surface area contributed by atoms with E-state index >= 15 is 0 Å². The molecule has 2 rings (SSSR count). The molecule has 0 saturated carbocycles. The molecule has 0 saturated heterocycles. The first kappa shape index (κ1) is 11.9. The molecule has 90 valence electrons. The second-order valence-corrected chi connectivity index (χ2v) is 4.58. The molecule has 2 N–H and O–H groups in total. The molecule has 1 heterocycles. The second-order valence-electron chi connectivity index (χ2n) is 4.58. The number of nitrogens with two attached hydrogens (primary N) is 1. The van der Waals surface area contributed by atoms with Gasteiger partial charge >= 0.3 is 0 Å². The SMILES string of the molecule is Cc1ccc(Cn2cccc2CCN)cc1C. The summed E-state index contributed by atoms with van der Waals surface area (Å²) in [5.74, 6) is 0. The Balaban J connectivity index is 2.19. The Hall–Kier alpha value is -1.54. The fourth-order valence-electron chi connectivity index (χ4n) is 2.08. The zero-order valence-electron chi connectivity index (χ0n) is 10.6. The van der Waals surface area contributed by atoms with E-state index in [1.54, 1.807) is 0 Å². The average molecular weight is 228 g/mol. The van der Waals surface area contributed by atoms with Crippen LogP contribution in [0.3, 0.4) is 0 Å². The third-order valence-corrected chi connectivity index (χ3v) is 3.25. The summed E-state index contributed by atoms with van der Waals surface area (Å²) in [7, 11) is 0. The number of aryl methyl sites for hydroxylation is 2. The Morgan fingerprint density at radius 2 is 1.94 bits per heavy atom. The van der Waals surface area contributed by atoms with Crippen molar-refractivity contribution in [3.63, 3.8) is 0 Å². The maximum atomic E-state index is 5.61. The van der Waals surface area contributed by atoms with Crippen LogP contribution in [0.25, 0.3) is 0 Å². The number of nitrogens with zero attached hydrogens (tertiary/aromatic N) is 1. The van der Waals surface area contributed by atoms with Gasteiger partial charge in [0, 0.05) is 18.4 Å². The van der Waals surface area contributed by atoms with Gasteiger partial charge in [0.15, 0.2) is 0 Å². The molecule has 0 atom stereocenters. The quantitative estimate of drug-likeness (QED) is 0.857. The van der Waals surface area contributed by atoms with Crippen LogP contribution in [0.4, 0.5) is 0 Å². The van der Waals surface area contributed by atoms with Gasteiger partial charge in [-0.15, -0.1) is 0 Å². The van der Waals surface area contributed by atoms with Crippen molar-refractivity contribution in [2.24, 2.45) is 5.73 Å². The monoisotopic (exact) mass is 228 g/mol. The third-order valence-electron chi connectivity index (χ3n) is 3.25. The summed E-state index contributed by atoms with van der Waals surface area (Å²) in [5, 5.41) is 0. The molecule has 2 aromatic rings. The van der Waals surface area contributed by atoms with Crippen molar-refractivity contribution in [1.82, 2.24) is 4.57 Å². The number of aromatic nitrogens is 1. The molecular formula is C15H20N2. The Morgan fingerprint density at radius 3 is 2.65 bits per heavy atom. The van der Waals surface area contributed by atoms with Crippen LogP contribution in [0.5, 0.6) is 0 Å². The highest BCUT2D eigenvalue weighted by Gasteiger charge is 2.02. The number of benzene rings is 1. The molecule has 0 amide bonds. The van der Waals surface area contributed by atoms with E-state index in [-0.39, 0.29) is 0 Å². The zero-order chi connectivity index (χ0) is 12.3. The first-order valence-electron chi connectivity index (χ1n) is 6.11. The van der Waals surface area contributed by atoms with Crippen molar-refractivity contribution in [2.75, 3.05) is 6.54 Å². The minimum atomic E-state index is 0.705. The predicted octanol–water partition coefficient (Wildman–Crippen LogP) is 2.65. The highest BCUT2D eigenvalue weighted by atomic mass is 15.0. The van der Waals surface area contributed by atoms with Crippen LogP contribution in [0.1, 0.15) is 22.4 Å². The number of hydrogen-bond donors (Lipinski definition) is 1. The lowest BCUT2D eigenvalue weighted by molar-refractivity contribution is 0.736. The molecule has 0 unspecified atom stereocenters. The Kier molecular flexibility index (Phi) is 3.64. The van der Waals surface area contributed by atoms with E-state index in [9.17, 15) is 0 Å². The van der Waals surface area contributed by atoms with E-state index in [2.05, 4.69) is 54.9 Å². The normalized spacial score (nSPS) is 10.8. The lowest BCUT2D eigenvalue weighted by atomic mass is 10.1. The standard InChI is InChI=1S/C15H20N2/c1-12-5-6-14(10-13(12)2)11-17-9-3-4-15(17)7-8-16/h3-6,9-10H,7-8,11,16H2,1-2H3. The highest BCUT2D eigenvalue weighted by molar-refractivity contribution is 5.30.